The number of fused-ring (bicyclic) bond motifs is 3. The molecule has 1 aromatic rings. The predicted molar refractivity (Wildman–Crippen MR) is 85.5 cm³/mol. The summed E-state index contributed by atoms with van der Waals surface area (Å²) < 4.78 is 0. The molecule has 24 heavy (non-hydrogen) atoms. The van der Waals surface area contributed by atoms with E-state index in [0.29, 0.717) is 18.4 Å². The predicted octanol–water partition coefficient (Wildman–Crippen LogP) is 2.06. The molecule has 0 aliphatic heterocycles. The van der Waals surface area contributed by atoms with Crippen molar-refractivity contribution in [3.05, 3.63) is 40.5 Å². The molecule has 4 rings (SSSR count). The van der Waals surface area contributed by atoms with Gasteiger partial charge in [-0.25, -0.2) is 0 Å². The monoisotopic (exact) mass is 328 g/mol. The van der Waals surface area contributed by atoms with Crippen molar-refractivity contribution in [3.63, 3.8) is 0 Å². The van der Waals surface area contributed by atoms with E-state index in [1.165, 1.54) is 18.2 Å². The molecule has 0 spiro atoms. The fraction of sp³-hybridized carbons (Fsp3) is 0.474. The van der Waals surface area contributed by atoms with E-state index in [1.807, 2.05) is 6.92 Å². The van der Waals surface area contributed by atoms with Gasteiger partial charge >= 0.3 is 0 Å². The van der Waals surface area contributed by atoms with Gasteiger partial charge in [-0.3, -0.25) is 9.59 Å². The number of rotatable bonds is 0. The van der Waals surface area contributed by atoms with Gasteiger partial charge in [-0.2, -0.15) is 0 Å². The average Bonchev–Trinajstić information content (AvgIpc) is 2.53. The van der Waals surface area contributed by atoms with Gasteiger partial charge in [0.2, 0.25) is 0 Å². The molecule has 4 atom stereocenters. The van der Waals surface area contributed by atoms with Crippen LogP contribution in [0.5, 0.6) is 5.75 Å². The van der Waals surface area contributed by atoms with Crippen LogP contribution in [0.15, 0.2) is 29.3 Å². The third kappa shape index (κ3) is 1.88. The second kappa shape index (κ2) is 5.01. The minimum absolute atomic E-state index is 0.0712. The number of ketones is 2. The summed E-state index contributed by atoms with van der Waals surface area (Å²) in [4.78, 5) is 25.7. The molecule has 0 saturated heterocycles. The van der Waals surface area contributed by atoms with Crippen LogP contribution in [0.1, 0.15) is 54.6 Å². The molecular formula is C19H20O5. The van der Waals surface area contributed by atoms with E-state index in [-0.39, 0.29) is 40.8 Å². The summed E-state index contributed by atoms with van der Waals surface area (Å²) in [5, 5.41) is 32.0. The Morgan fingerprint density at radius 3 is 2.71 bits per heavy atom. The third-order valence-electron chi connectivity index (χ3n) is 5.78. The topological polar surface area (TPSA) is 94.8 Å². The molecular weight excluding hydrogens is 308 g/mol. The molecule has 3 aliphatic rings. The van der Waals surface area contributed by atoms with E-state index in [4.69, 9.17) is 0 Å². The lowest BCUT2D eigenvalue weighted by Gasteiger charge is -2.48. The van der Waals surface area contributed by atoms with E-state index in [2.05, 4.69) is 0 Å². The van der Waals surface area contributed by atoms with Crippen LogP contribution in [0.25, 0.3) is 0 Å². The summed E-state index contributed by atoms with van der Waals surface area (Å²) in [6.07, 6.45) is 0.423. The van der Waals surface area contributed by atoms with Gasteiger partial charge < -0.3 is 15.3 Å². The first-order valence-corrected chi connectivity index (χ1v) is 8.36. The van der Waals surface area contributed by atoms with Crippen LogP contribution >= 0.6 is 0 Å². The lowest BCUT2D eigenvalue weighted by Crippen LogP contribution is -2.55. The Bertz CT molecular complexity index is 793. The summed E-state index contributed by atoms with van der Waals surface area (Å²) in [5.41, 5.74) is -0.130. The van der Waals surface area contributed by atoms with E-state index in [1.54, 1.807) is 0 Å². The van der Waals surface area contributed by atoms with Crippen molar-refractivity contribution in [3.8, 4) is 5.75 Å². The van der Waals surface area contributed by atoms with Gasteiger partial charge in [0.15, 0.2) is 11.6 Å². The maximum absolute atomic E-state index is 13.1. The number of hydrogen-bond donors (Lipinski definition) is 3. The van der Waals surface area contributed by atoms with E-state index in [0.717, 1.165) is 12.0 Å². The molecule has 0 fully saturated rings. The van der Waals surface area contributed by atoms with Crippen molar-refractivity contribution in [2.75, 3.05) is 0 Å². The van der Waals surface area contributed by atoms with Crippen LogP contribution in [-0.2, 0) is 4.79 Å². The molecule has 3 aliphatic carbocycles. The molecule has 0 radical (unpaired) electrons. The molecule has 0 heterocycles. The lowest BCUT2D eigenvalue weighted by molar-refractivity contribution is -0.128. The molecule has 0 amide bonds. The summed E-state index contributed by atoms with van der Waals surface area (Å²) in [5.74, 6) is -1.49. The number of aliphatic hydroxyl groups is 2. The number of Topliss-reactive ketones (excluding diaryl/α,β-unsaturated/α-hetero) is 2. The third-order valence-corrected chi connectivity index (χ3v) is 5.78. The summed E-state index contributed by atoms with van der Waals surface area (Å²) in [6.45, 7) is 2.01. The molecule has 5 heteroatoms. The summed E-state index contributed by atoms with van der Waals surface area (Å²) in [6, 6.07) is 4.46. The number of aliphatic hydroxyl groups excluding tert-OH is 1. The number of benzene rings is 1. The number of allylic oxidation sites excluding steroid dienone is 1. The van der Waals surface area contributed by atoms with Gasteiger partial charge in [-0.05, 0) is 31.2 Å². The van der Waals surface area contributed by atoms with Crippen molar-refractivity contribution in [2.45, 2.75) is 44.3 Å². The maximum Gasteiger partial charge on any atom is 0.173 e. The van der Waals surface area contributed by atoms with Crippen molar-refractivity contribution in [1.29, 1.82) is 0 Å². The van der Waals surface area contributed by atoms with Crippen molar-refractivity contribution in [2.24, 2.45) is 11.8 Å². The number of phenols is 1. The highest BCUT2D eigenvalue weighted by Crippen LogP contribution is 2.54. The SMILES string of the molecule is C[C@H]1CC(=O)C2=C(CC[C@]3(O)[C@H]2C(=O)c2cccc(O)c2[C@@H]3O)C1. The number of carbonyl (C=O) groups excluding carboxylic acids is 2. The fourth-order valence-corrected chi connectivity index (χ4v) is 4.69. The van der Waals surface area contributed by atoms with Gasteiger partial charge in [0, 0.05) is 23.1 Å². The Balaban J connectivity index is 1.94. The molecule has 5 nitrogen and oxygen atoms in total. The highest BCUT2D eigenvalue weighted by atomic mass is 16.3. The van der Waals surface area contributed by atoms with Crippen LogP contribution in [0.3, 0.4) is 0 Å². The Kier molecular flexibility index (Phi) is 3.24. The van der Waals surface area contributed by atoms with Gasteiger partial charge in [0.25, 0.3) is 0 Å². The number of phenolic OH excluding ortho intramolecular Hbond substituents is 1. The molecule has 3 N–H and O–H groups in total. The molecule has 0 bridgehead atoms. The van der Waals surface area contributed by atoms with Crippen molar-refractivity contribution in [1.82, 2.24) is 0 Å². The first-order valence-electron chi connectivity index (χ1n) is 8.36. The lowest BCUT2D eigenvalue weighted by atomic mass is 9.58. The zero-order valence-corrected chi connectivity index (χ0v) is 13.5. The van der Waals surface area contributed by atoms with E-state index in [9.17, 15) is 24.9 Å². The van der Waals surface area contributed by atoms with Gasteiger partial charge in [-0.1, -0.05) is 24.6 Å². The number of aromatic hydroxyl groups is 1. The Morgan fingerprint density at radius 1 is 1.21 bits per heavy atom. The molecule has 1 aromatic carbocycles. The van der Waals surface area contributed by atoms with Crippen LogP contribution in [0.4, 0.5) is 0 Å². The van der Waals surface area contributed by atoms with E-state index >= 15 is 0 Å². The first kappa shape index (κ1) is 15.5. The highest BCUT2D eigenvalue weighted by molar-refractivity contribution is 6.11. The molecule has 0 saturated carbocycles. The minimum Gasteiger partial charge on any atom is -0.508 e. The van der Waals surface area contributed by atoms with Crippen LogP contribution in [0, 0.1) is 11.8 Å². The fourth-order valence-electron chi connectivity index (χ4n) is 4.69. The van der Waals surface area contributed by atoms with Crippen molar-refractivity contribution >= 4 is 11.6 Å². The van der Waals surface area contributed by atoms with Gasteiger partial charge in [0.1, 0.15) is 17.5 Å². The second-order valence-corrected chi connectivity index (χ2v) is 7.38. The van der Waals surface area contributed by atoms with Crippen LogP contribution < -0.4 is 0 Å². The van der Waals surface area contributed by atoms with Crippen molar-refractivity contribution < 1.29 is 24.9 Å². The Morgan fingerprint density at radius 2 is 1.96 bits per heavy atom. The smallest absolute Gasteiger partial charge is 0.173 e. The zero-order valence-electron chi connectivity index (χ0n) is 13.5. The number of hydrogen-bond acceptors (Lipinski definition) is 5. The Hall–Kier alpha value is -1.98. The van der Waals surface area contributed by atoms with E-state index < -0.39 is 17.6 Å². The number of carbonyl (C=O) groups is 2. The highest BCUT2D eigenvalue weighted by Gasteiger charge is 2.58. The first-order chi connectivity index (χ1) is 11.3. The standard InChI is InChI=1S/C19H20O5/c1-9-7-10-5-6-19(24)16(14(10)13(21)8-9)17(22)11-3-2-4-12(20)15(11)18(19)23/h2-4,9,16,18,20,23-24H,5-8H2,1H3/t9-,16-,18+,19+/m1/s1. The minimum atomic E-state index is -1.74. The maximum atomic E-state index is 13.1. The second-order valence-electron chi connectivity index (χ2n) is 7.38. The summed E-state index contributed by atoms with van der Waals surface area (Å²) in [7, 11) is 0. The average molecular weight is 328 g/mol. The van der Waals surface area contributed by atoms with Gasteiger partial charge in [-0.15, -0.1) is 0 Å². The molecule has 126 valence electrons. The van der Waals surface area contributed by atoms with Crippen LogP contribution in [0.2, 0.25) is 0 Å². The molecule has 0 unspecified atom stereocenters. The molecule has 0 aromatic heterocycles. The summed E-state index contributed by atoms with van der Waals surface area (Å²) >= 11 is 0. The van der Waals surface area contributed by atoms with Gasteiger partial charge in [0.05, 0.1) is 5.92 Å². The Labute approximate surface area is 139 Å². The quantitative estimate of drug-likeness (QED) is 0.677. The largest absolute Gasteiger partial charge is 0.508 e. The normalized spacial score (nSPS) is 35.4. The van der Waals surface area contributed by atoms with Crippen LogP contribution in [-0.4, -0.2) is 32.5 Å². The zero-order chi connectivity index (χ0) is 17.2.